The lowest BCUT2D eigenvalue weighted by Gasteiger charge is -2.26. The van der Waals surface area contributed by atoms with Gasteiger partial charge in [-0.25, -0.2) is 9.97 Å². The second-order valence-electron chi connectivity index (χ2n) is 7.74. The van der Waals surface area contributed by atoms with E-state index in [1.807, 2.05) is 43.9 Å². The zero-order chi connectivity index (χ0) is 18.6. The number of hydrogen-bond donors (Lipinski definition) is 2. The average molecular weight is 400 g/mol. The highest BCUT2D eigenvalue weighted by Gasteiger charge is 2.57. The fourth-order valence-corrected chi connectivity index (χ4v) is 5.85. The zero-order valence-electron chi connectivity index (χ0n) is 15.2. The van der Waals surface area contributed by atoms with Crippen LogP contribution < -0.4 is 10.6 Å². The monoisotopic (exact) mass is 399 g/mol. The van der Waals surface area contributed by atoms with Crippen molar-refractivity contribution in [3.05, 3.63) is 41.9 Å². The maximum Gasteiger partial charge on any atom is 0.224 e. The average Bonchev–Trinajstić information content (AvgIpc) is 3.12. The second kappa shape index (κ2) is 6.32. The van der Waals surface area contributed by atoms with Crippen LogP contribution in [0.25, 0.3) is 5.52 Å². The molecule has 2 fully saturated rings. The number of imidazole rings is 1. The molecular weight excluding hydrogens is 378 g/mol. The number of rotatable bonds is 5. The molecule has 2 N–H and O–H groups in total. The molecule has 0 radical (unpaired) electrons. The highest BCUT2D eigenvalue weighted by atomic mass is 32.2. The molecule has 2 aliphatic rings. The minimum atomic E-state index is -0.543. The van der Waals surface area contributed by atoms with Crippen LogP contribution in [0.15, 0.2) is 45.3 Å². The predicted molar refractivity (Wildman–Crippen MR) is 106 cm³/mol. The molecule has 3 atom stereocenters. The molecule has 4 heterocycles. The smallest absolute Gasteiger partial charge is 0.224 e. The standard InChI is InChI=1S/C19H21N5OS2/c1-19(2,23-16(25)15-11-8-20-9-12(11)15)17-22-10-13-14(4-3-6-24(13)17)27-18-21-5-7-26-18/h3-7,10-12,15,20H,8-9H2,1-2H3,(H,23,25)/t11-,12+,15-. The van der Waals surface area contributed by atoms with Gasteiger partial charge < -0.3 is 15.0 Å². The van der Waals surface area contributed by atoms with Gasteiger partial charge in [0.15, 0.2) is 4.34 Å². The van der Waals surface area contributed by atoms with Crippen LogP contribution in [0, 0.1) is 17.8 Å². The largest absolute Gasteiger partial charge is 0.344 e. The summed E-state index contributed by atoms with van der Waals surface area (Å²) in [4.78, 5) is 22.9. The van der Waals surface area contributed by atoms with Crippen molar-refractivity contribution in [3.8, 4) is 0 Å². The Kier molecular flexibility index (Phi) is 4.03. The van der Waals surface area contributed by atoms with Gasteiger partial charge in [-0.15, -0.1) is 11.3 Å². The first kappa shape index (κ1) is 17.2. The number of pyridine rings is 1. The van der Waals surface area contributed by atoms with Crippen LogP contribution >= 0.6 is 23.1 Å². The SMILES string of the molecule is CC(C)(NC(=O)[C@@H]1[C@@H]2CNC[C@@H]21)c1ncc2c(Sc3nccs3)cccn12. The van der Waals surface area contributed by atoms with Gasteiger partial charge in [0.05, 0.1) is 17.3 Å². The summed E-state index contributed by atoms with van der Waals surface area (Å²) in [5.74, 6) is 2.18. The Labute approximate surface area is 165 Å². The van der Waals surface area contributed by atoms with Gasteiger partial charge in [0.2, 0.25) is 5.91 Å². The van der Waals surface area contributed by atoms with Crippen LogP contribution in [0.5, 0.6) is 0 Å². The molecule has 0 unspecified atom stereocenters. The molecule has 3 aromatic heterocycles. The topological polar surface area (TPSA) is 71.3 Å². The summed E-state index contributed by atoms with van der Waals surface area (Å²) >= 11 is 3.27. The van der Waals surface area contributed by atoms with Gasteiger partial charge >= 0.3 is 0 Å². The molecule has 6 nitrogen and oxygen atoms in total. The lowest BCUT2D eigenvalue weighted by Crippen LogP contribution is -2.44. The summed E-state index contributed by atoms with van der Waals surface area (Å²) in [6, 6.07) is 4.10. The summed E-state index contributed by atoms with van der Waals surface area (Å²) < 4.78 is 3.08. The Balaban J connectivity index is 1.41. The van der Waals surface area contributed by atoms with Crippen LogP contribution in [0.1, 0.15) is 19.7 Å². The van der Waals surface area contributed by atoms with Crippen molar-refractivity contribution in [1.82, 2.24) is 25.0 Å². The van der Waals surface area contributed by atoms with E-state index in [1.54, 1.807) is 23.1 Å². The first-order valence-electron chi connectivity index (χ1n) is 9.11. The van der Waals surface area contributed by atoms with Crippen molar-refractivity contribution in [2.75, 3.05) is 13.1 Å². The zero-order valence-corrected chi connectivity index (χ0v) is 16.8. The van der Waals surface area contributed by atoms with Crippen LogP contribution in [0.3, 0.4) is 0 Å². The van der Waals surface area contributed by atoms with Gasteiger partial charge in [-0.05, 0) is 50.9 Å². The molecule has 1 amide bonds. The number of piperidine rings is 1. The van der Waals surface area contributed by atoms with E-state index >= 15 is 0 Å². The van der Waals surface area contributed by atoms with Crippen molar-refractivity contribution >= 4 is 34.5 Å². The number of nitrogens with zero attached hydrogens (tertiary/aromatic N) is 3. The molecule has 1 saturated heterocycles. The van der Waals surface area contributed by atoms with Crippen LogP contribution in [0.2, 0.25) is 0 Å². The van der Waals surface area contributed by atoms with Crippen molar-refractivity contribution in [2.45, 2.75) is 28.6 Å². The molecule has 1 saturated carbocycles. The fraction of sp³-hybridized carbons (Fsp3) is 0.421. The summed E-state index contributed by atoms with van der Waals surface area (Å²) in [6.07, 6.45) is 5.71. The molecule has 1 aliphatic heterocycles. The molecule has 27 heavy (non-hydrogen) atoms. The van der Waals surface area contributed by atoms with E-state index in [1.165, 1.54) is 0 Å². The van der Waals surface area contributed by atoms with Crippen LogP contribution in [0.4, 0.5) is 0 Å². The van der Waals surface area contributed by atoms with E-state index in [0.29, 0.717) is 11.8 Å². The maximum absolute atomic E-state index is 12.8. The minimum absolute atomic E-state index is 0.154. The summed E-state index contributed by atoms with van der Waals surface area (Å²) in [5, 5.41) is 8.56. The molecule has 1 aliphatic carbocycles. The summed E-state index contributed by atoms with van der Waals surface area (Å²) in [5.41, 5.74) is 0.487. The Morgan fingerprint density at radius 3 is 2.93 bits per heavy atom. The van der Waals surface area contributed by atoms with Crippen molar-refractivity contribution < 1.29 is 4.79 Å². The number of carbonyl (C=O) groups is 1. The number of amides is 1. The van der Waals surface area contributed by atoms with Crippen molar-refractivity contribution in [1.29, 1.82) is 0 Å². The summed E-state index contributed by atoms with van der Waals surface area (Å²) in [7, 11) is 0. The molecule has 0 aromatic carbocycles. The number of aromatic nitrogens is 3. The third-order valence-corrected chi connectivity index (χ3v) is 7.48. The first-order chi connectivity index (χ1) is 13.0. The van der Waals surface area contributed by atoms with Crippen molar-refractivity contribution in [3.63, 3.8) is 0 Å². The third kappa shape index (κ3) is 2.96. The van der Waals surface area contributed by atoms with Gasteiger partial charge in [0.25, 0.3) is 0 Å². The van der Waals surface area contributed by atoms with Crippen molar-refractivity contribution in [2.24, 2.45) is 17.8 Å². The quantitative estimate of drug-likeness (QED) is 0.690. The lowest BCUT2D eigenvalue weighted by molar-refractivity contribution is -0.124. The van der Waals surface area contributed by atoms with Gasteiger partial charge in [-0.2, -0.15) is 0 Å². The Hall–Kier alpha value is -1.90. The molecule has 140 valence electrons. The van der Waals surface area contributed by atoms with E-state index in [0.717, 1.165) is 33.7 Å². The molecule has 5 rings (SSSR count). The van der Waals surface area contributed by atoms with E-state index in [4.69, 9.17) is 0 Å². The van der Waals surface area contributed by atoms with Gasteiger partial charge in [-0.3, -0.25) is 4.79 Å². The van der Waals surface area contributed by atoms with E-state index in [2.05, 4.69) is 31.1 Å². The number of carbonyl (C=O) groups excluding carboxylic acids is 1. The highest BCUT2D eigenvalue weighted by molar-refractivity contribution is 8.01. The van der Waals surface area contributed by atoms with Gasteiger partial charge in [0.1, 0.15) is 5.82 Å². The van der Waals surface area contributed by atoms with E-state index < -0.39 is 5.54 Å². The number of hydrogen-bond acceptors (Lipinski definition) is 6. The predicted octanol–water partition coefficient (Wildman–Crippen LogP) is 2.76. The Morgan fingerprint density at radius 1 is 1.37 bits per heavy atom. The molecule has 0 spiro atoms. The summed E-state index contributed by atoms with van der Waals surface area (Å²) in [6.45, 7) is 5.98. The highest BCUT2D eigenvalue weighted by Crippen LogP contribution is 2.49. The number of fused-ring (bicyclic) bond motifs is 2. The maximum atomic E-state index is 12.8. The third-order valence-electron chi connectivity index (χ3n) is 5.53. The van der Waals surface area contributed by atoms with E-state index in [-0.39, 0.29) is 11.8 Å². The molecule has 8 heteroatoms. The Morgan fingerprint density at radius 2 is 2.19 bits per heavy atom. The molecule has 0 bridgehead atoms. The number of nitrogens with one attached hydrogen (secondary N) is 2. The molecular formula is C19H21N5OS2. The second-order valence-corrected chi connectivity index (χ2v) is 9.92. The van der Waals surface area contributed by atoms with Crippen LogP contribution in [-0.2, 0) is 10.3 Å². The van der Waals surface area contributed by atoms with Crippen LogP contribution in [-0.4, -0.2) is 33.4 Å². The van der Waals surface area contributed by atoms with E-state index in [9.17, 15) is 4.79 Å². The number of thiazole rings is 1. The normalized spacial score (nSPS) is 24.1. The first-order valence-corrected chi connectivity index (χ1v) is 10.8. The lowest BCUT2D eigenvalue weighted by atomic mass is 10.0. The minimum Gasteiger partial charge on any atom is -0.344 e. The Bertz CT molecular complexity index is 987. The van der Waals surface area contributed by atoms with Gasteiger partial charge in [0, 0.05) is 28.6 Å². The van der Waals surface area contributed by atoms with Gasteiger partial charge in [-0.1, -0.05) is 11.8 Å². The fourth-order valence-electron chi connectivity index (χ4n) is 4.15. The molecule has 3 aromatic rings.